The molecule has 0 amide bonds. The molecule has 0 radical (unpaired) electrons. The Bertz CT molecular complexity index is 539. The number of benzene rings is 1. The fourth-order valence-corrected chi connectivity index (χ4v) is 2.52. The summed E-state index contributed by atoms with van der Waals surface area (Å²) in [6.07, 6.45) is 1.92. The maximum absolute atomic E-state index is 10.00. The minimum atomic E-state index is -0.638. The van der Waals surface area contributed by atoms with E-state index in [4.69, 9.17) is 4.52 Å². The Balaban J connectivity index is 2.30. The molecule has 0 saturated heterocycles. The van der Waals surface area contributed by atoms with Crippen molar-refractivity contribution in [3.05, 3.63) is 47.6 Å². The number of aliphatic hydroxyl groups excluding tert-OH is 1. The molecule has 0 aliphatic rings. The smallest absolute Gasteiger partial charge is 0.234 e. The lowest BCUT2D eigenvalue weighted by atomic mass is 9.85. The predicted molar refractivity (Wildman–Crippen MR) is 81.9 cm³/mol. The molecule has 0 aliphatic heterocycles. The molecule has 1 heterocycles. The molecule has 0 spiro atoms. The predicted octanol–water partition coefficient (Wildman–Crippen LogP) is 4.08. The Morgan fingerprint density at radius 2 is 1.90 bits per heavy atom. The Hall–Kier alpha value is -1.68. The van der Waals surface area contributed by atoms with Crippen LogP contribution in [0.4, 0.5) is 0 Å². The second kappa shape index (κ2) is 7.36. The SMILES string of the molecule is CCCC(O)c1noc(C(c2ccccc2)C(C)CC)n1. The van der Waals surface area contributed by atoms with Crippen molar-refractivity contribution in [2.45, 2.75) is 52.1 Å². The van der Waals surface area contributed by atoms with Crippen LogP contribution in [0.15, 0.2) is 34.9 Å². The van der Waals surface area contributed by atoms with Gasteiger partial charge in [0, 0.05) is 0 Å². The van der Waals surface area contributed by atoms with Crippen molar-refractivity contribution in [2.24, 2.45) is 5.92 Å². The first kappa shape index (κ1) is 15.7. The van der Waals surface area contributed by atoms with Gasteiger partial charge in [0.1, 0.15) is 6.10 Å². The summed E-state index contributed by atoms with van der Waals surface area (Å²) in [7, 11) is 0. The van der Waals surface area contributed by atoms with Crippen LogP contribution in [0.1, 0.15) is 69.3 Å². The number of aromatic nitrogens is 2. The van der Waals surface area contributed by atoms with E-state index < -0.39 is 6.10 Å². The summed E-state index contributed by atoms with van der Waals surface area (Å²) in [5.41, 5.74) is 1.17. The average molecular weight is 288 g/mol. The number of rotatable bonds is 7. The molecular formula is C17H24N2O2. The molecular weight excluding hydrogens is 264 g/mol. The fourth-order valence-electron chi connectivity index (χ4n) is 2.52. The van der Waals surface area contributed by atoms with Gasteiger partial charge in [0.25, 0.3) is 0 Å². The van der Waals surface area contributed by atoms with Crippen molar-refractivity contribution in [3.63, 3.8) is 0 Å². The van der Waals surface area contributed by atoms with Crippen molar-refractivity contribution in [1.82, 2.24) is 10.1 Å². The lowest BCUT2D eigenvalue weighted by Gasteiger charge is -2.19. The highest BCUT2D eigenvalue weighted by Crippen LogP contribution is 2.33. The molecule has 0 aliphatic carbocycles. The first-order valence-corrected chi connectivity index (χ1v) is 7.73. The lowest BCUT2D eigenvalue weighted by molar-refractivity contribution is 0.152. The van der Waals surface area contributed by atoms with Gasteiger partial charge in [-0.25, -0.2) is 0 Å². The third-order valence-corrected chi connectivity index (χ3v) is 3.96. The number of nitrogens with zero attached hydrogens (tertiary/aromatic N) is 2. The lowest BCUT2D eigenvalue weighted by Crippen LogP contribution is -2.11. The van der Waals surface area contributed by atoms with Crippen LogP contribution in [0.3, 0.4) is 0 Å². The van der Waals surface area contributed by atoms with E-state index in [0.717, 1.165) is 12.8 Å². The van der Waals surface area contributed by atoms with Crippen molar-refractivity contribution in [3.8, 4) is 0 Å². The van der Waals surface area contributed by atoms with Crippen LogP contribution in [0.5, 0.6) is 0 Å². The molecule has 3 atom stereocenters. The van der Waals surface area contributed by atoms with E-state index >= 15 is 0 Å². The largest absolute Gasteiger partial charge is 0.385 e. The topological polar surface area (TPSA) is 59.2 Å². The van der Waals surface area contributed by atoms with Gasteiger partial charge < -0.3 is 9.63 Å². The van der Waals surface area contributed by atoms with Gasteiger partial charge in [0.15, 0.2) is 5.82 Å². The Labute approximate surface area is 126 Å². The second-order valence-corrected chi connectivity index (χ2v) is 5.57. The van der Waals surface area contributed by atoms with Gasteiger partial charge in [0.05, 0.1) is 5.92 Å². The zero-order valence-electron chi connectivity index (χ0n) is 13.0. The zero-order chi connectivity index (χ0) is 15.2. The summed E-state index contributed by atoms with van der Waals surface area (Å²) in [5.74, 6) is 1.46. The summed E-state index contributed by atoms with van der Waals surface area (Å²) >= 11 is 0. The molecule has 0 fully saturated rings. The van der Waals surface area contributed by atoms with Crippen LogP contribution in [0.2, 0.25) is 0 Å². The van der Waals surface area contributed by atoms with E-state index in [1.165, 1.54) is 5.56 Å². The summed E-state index contributed by atoms with van der Waals surface area (Å²) in [4.78, 5) is 4.45. The monoisotopic (exact) mass is 288 g/mol. The van der Waals surface area contributed by atoms with Crippen LogP contribution >= 0.6 is 0 Å². The Kier molecular flexibility index (Phi) is 5.51. The minimum absolute atomic E-state index is 0.0753. The van der Waals surface area contributed by atoms with Crippen LogP contribution in [0, 0.1) is 5.92 Å². The van der Waals surface area contributed by atoms with E-state index in [2.05, 4.69) is 36.1 Å². The van der Waals surface area contributed by atoms with E-state index in [0.29, 0.717) is 24.1 Å². The Morgan fingerprint density at radius 1 is 1.19 bits per heavy atom. The van der Waals surface area contributed by atoms with Crippen molar-refractivity contribution < 1.29 is 9.63 Å². The summed E-state index contributed by atoms with van der Waals surface area (Å²) in [6, 6.07) is 10.2. The molecule has 3 unspecified atom stereocenters. The van der Waals surface area contributed by atoms with Gasteiger partial charge in [-0.15, -0.1) is 0 Å². The van der Waals surface area contributed by atoms with E-state index in [1.807, 2.05) is 25.1 Å². The van der Waals surface area contributed by atoms with Crippen LogP contribution < -0.4 is 0 Å². The van der Waals surface area contributed by atoms with Crippen molar-refractivity contribution in [1.29, 1.82) is 0 Å². The van der Waals surface area contributed by atoms with E-state index in [1.54, 1.807) is 0 Å². The average Bonchev–Trinajstić information content (AvgIpc) is 2.98. The van der Waals surface area contributed by atoms with E-state index in [9.17, 15) is 5.11 Å². The van der Waals surface area contributed by atoms with Gasteiger partial charge in [-0.2, -0.15) is 4.98 Å². The molecule has 1 aromatic carbocycles. The molecule has 0 saturated carbocycles. The quantitative estimate of drug-likeness (QED) is 0.834. The summed E-state index contributed by atoms with van der Waals surface area (Å²) in [5, 5.41) is 14.0. The molecule has 0 bridgehead atoms. The normalized spacial score (nSPS) is 15.6. The molecule has 4 nitrogen and oxygen atoms in total. The first-order chi connectivity index (χ1) is 10.2. The number of hydrogen-bond donors (Lipinski definition) is 1. The van der Waals surface area contributed by atoms with Gasteiger partial charge in [0.2, 0.25) is 5.89 Å². The van der Waals surface area contributed by atoms with Crippen LogP contribution in [-0.2, 0) is 0 Å². The number of aliphatic hydroxyl groups is 1. The summed E-state index contributed by atoms with van der Waals surface area (Å²) in [6.45, 7) is 6.37. The molecule has 114 valence electrons. The highest BCUT2D eigenvalue weighted by molar-refractivity contribution is 5.25. The molecule has 21 heavy (non-hydrogen) atoms. The number of hydrogen-bond acceptors (Lipinski definition) is 4. The van der Waals surface area contributed by atoms with Gasteiger partial charge in [-0.1, -0.05) is 69.1 Å². The minimum Gasteiger partial charge on any atom is -0.385 e. The van der Waals surface area contributed by atoms with Gasteiger partial charge >= 0.3 is 0 Å². The highest BCUT2D eigenvalue weighted by Gasteiger charge is 2.27. The molecule has 4 heteroatoms. The standard InChI is InChI=1S/C17H24N2O2/c1-4-9-14(20)16-18-17(21-19-16)15(12(3)5-2)13-10-7-6-8-11-13/h6-8,10-12,14-15,20H,4-5,9H2,1-3H3. The zero-order valence-corrected chi connectivity index (χ0v) is 13.0. The third-order valence-electron chi connectivity index (χ3n) is 3.96. The molecule has 1 aromatic heterocycles. The maximum Gasteiger partial charge on any atom is 0.234 e. The molecule has 1 N–H and O–H groups in total. The van der Waals surface area contributed by atoms with Gasteiger partial charge in [-0.3, -0.25) is 0 Å². The third kappa shape index (κ3) is 3.70. The van der Waals surface area contributed by atoms with Crippen LogP contribution in [0.25, 0.3) is 0 Å². The van der Waals surface area contributed by atoms with Crippen molar-refractivity contribution >= 4 is 0 Å². The van der Waals surface area contributed by atoms with Gasteiger partial charge in [-0.05, 0) is 17.9 Å². The highest BCUT2D eigenvalue weighted by atomic mass is 16.5. The van der Waals surface area contributed by atoms with Crippen LogP contribution in [-0.4, -0.2) is 15.2 Å². The maximum atomic E-state index is 10.00. The second-order valence-electron chi connectivity index (χ2n) is 5.57. The first-order valence-electron chi connectivity index (χ1n) is 7.73. The van der Waals surface area contributed by atoms with E-state index in [-0.39, 0.29) is 5.92 Å². The molecule has 2 rings (SSSR count). The summed E-state index contributed by atoms with van der Waals surface area (Å²) < 4.78 is 5.45. The molecule has 2 aromatic rings. The Morgan fingerprint density at radius 3 is 2.52 bits per heavy atom. The van der Waals surface area contributed by atoms with Crippen molar-refractivity contribution in [2.75, 3.05) is 0 Å². The fraction of sp³-hybridized carbons (Fsp3) is 0.529.